The summed E-state index contributed by atoms with van der Waals surface area (Å²) in [6.07, 6.45) is 6.02. The van der Waals surface area contributed by atoms with Crippen LogP contribution in [0, 0.1) is 0 Å². The topological polar surface area (TPSA) is 67.8 Å². The number of methoxy groups -OCH3 is 1. The van der Waals surface area contributed by atoms with Gasteiger partial charge in [0, 0.05) is 6.54 Å². The van der Waals surface area contributed by atoms with E-state index in [1.807, 2.05) is 60.7 Å². The number of amides is 1. The smallest absolute Gasteiger partial charge is 0.255 e. The Morgan fingerprint density at radius 2 is 1.74 bits per heavy atom. The molecule has 4 rings (SSSR count). The Labute approximate surface area is 201 Å². The lowest BCUT2D eigenvalue weighted by Crippen LogP contribution is -2.26. The third kappa shape index (κ3) is 5.79. The second-order valence-corrected chi connectivity index (χ2v) is 8.50. The largest absolute Gasteiger partial charge is 0.515 e. The first-order chi connectivity index (χ1) is 16.7. The van der Waals surface area contributed by atoms with Gasteiger partial charge in [-0.3, -0.25) is 4.79 Å². The summed E-state index contributed by atoms with van der Waals surface area (Å²) < 4.78 is 11.4. The number of carbonyl (C=O) groups is 1. The highest BCUT2D eigenvalue weighted by Crippen LogP contribution is 2.29. The minimum Gasteiger partial charge on any atom is -0.515 e. The van der Waals surface area contributed by atoms with Gasteiger partial charge in [-0.1, -0.05) is 54.6 Å². The molecule has 0 bridgehead atoms. The average molecular weight is 458 g/mol. The van der Waals surface area contributed by atoms with Crippen molar-refractivity contribution in [2.24, 2.45) is 0 Å². The molecule has 176 valence electrons. The Morgan fingerprint density at radius 3 is 2.50 bits per heavy atom. The van der Waals surface area contributed by atoms with Gasteiger partial charge in [-0.25, -0.2) is 0 Å². The summed E-state index contributed by atoms with van der Waals surface area (Å²) in [5.74, 6) is 1.05. The van der Waals surface area contributed by atoms with Crippen LogP contribution in [0.25, 0.3) is 5.57 Å². The maximum absolute atomic E-state index is 12.7. The molecule has 1 aliphatic rings. The van der Waals surface area contributed by atoms with E-state index in [4.69, 9.17) is 9.47 Å². The fraction of sp³-hybridized carbons (Fsp3) is 0.276. The van der Waals surface area contributed by atoms with Gasteiger partial charge < -0.3 is 19.9 Å². The molecule has 0 unspecified atom stereocenters. The van der Waals surface area contributed by atoms with Gasteiger partial charge in [-0.05, 0) is 72.1 Å². The van der Waals surface area contributed by atoms with E-state index in [-0.39, 0.29) is 11.5 Å². The highest BCUT2D eigenvalue weighted by atomic mass is 16.5. The SMILES string of the molecule is COc1cc(CCNC(=O)/C(=C\O)c2ccc3c(c2)CCCC3)ccc1OCc1ccccc1. The van der Waals surface area contributed by atoms with Crippen molar-refractivity contribution in [2.75, 3.05) is 13.7 Å². The number of ether oxygens (including phenoxy) is 2. The van der Waals surface area contributed by atoms with Crippen molar-refractivity contribution in [3.05, 3.63) is 101 Å². The third-order valence-corrected chi connectivity index (χ3v) is 6.20. The summed E-state index contributed by atoms with van der Waals surface area (Å²) in [5.41, 5.74) is 5.77. The standard InChI is InChI=1S/C29H31NO4/c1-33-28-17-21(11-14-27(28)34-20-22-7-3-2-4-8-22)15-16-30-29(32)26(19-31)25-13-12-23-9-5-6-10-24(23)18-25/h2-4,7-8,11-14,17-19,31H,5-6,9-10,15-16,20H2,1H3,(H,30,32)/b26-19-. The maximum atomic E-state index is 12.7. The molecule has 1 aliphatic carbocycles. The molecule has 0 aliphatic heterocycles. The van der Waals surface area contributed by atoms with Crippen LogP contribution in [0.4, 0.5) is 0 Å². The normalized spacial score (nSPS) is 13.1. The van der Waals surface area contributed by atoms with Crippen LogP contribution in [-0.4, -0.2) is 24.7 Å². The van der Waals surface area contributed by atoms with Crippen LogP contribution in [0.3, 0.4) is 0 Å². The van der Waals surface area contributed by atoms with Gasteiger partial charge >= 0.3 is 0 Å². The van der Waals surface area contributed by atoms with Gasteiger partial charge in [0.2, 0.25) is 0 Å². The van der Waals surface area contributed by atoms with Crippen molar-refractivity contribution in [3.8, 4) is 11.5 Å². The number of aryl methyl sites for hydroxylation is 2. The number of hydrogen-bond donors (Lipinski definition) is 2. The van der Waals surface area contributed by atoms with E-state index >= 15 is 0 Å². The van der Waals surface area contributed by atoms with Crippen LogP contribution in [0.2, 0.25) is 0 Å². The first kappa shape index (κ1) is 23.4. The van der Waals surface area contributed by atoms with Crippen molar-refractivity contribution in [3.63, 3.8) is 0 Å². The number of aliphatic hydroxyl groups is 1. The molecule has 0 fully saturated rings. The lowest BCUT2D eigenvalue weighted by molar-refractivity contribution is -0.115. The van der Waals surface area contributed by atoms with Crippen molar-refractivity contribution in [1.29, 1.82) is 0 Å². The molecule has 0 saturated carbocycles. The van der Waals surface area contributed by atoms with E-state index in [0.717, 1.165) is 35.8 Å². The zero-order chi connectivity index (χ0) is 23.8. The molecule has 3 aromatic carbocycles. The minimum atomic E-state index is -0.284. The monoisotopic (exact) mass is 457 g/mol. The van der Waals surface area contributed by atoms with Gasteiger partial charge in [0.05, 0.1) is 18.9 Å². The van der Waals surface area contributed by atoms with Crippen molar-refractivity contribution < 1.29 is 19.4 Å². The highest BCUT2D eigenvalue weighted by Gasteiger charge is 2.16. The number of rotatable bonds is 9. The molecule has 0 radical (unpaired) electrons. The molecule has 0 aromatic heterocycles. The third-order valence-electron chi connectivity index (χ3n) is 6.20. The minimum absolute atomic E-state index is 0.284. The Morgan fingerprint density at radius 1 is 0.941 bits per heavy atom. The van der Waals surface area contributed by atoms with Crippen molar-refractivity contribution in [1.82, 2.24) is 5.32 Å². The van der Waals surface area contributed by atoms with E-state index in [0.29, 0.717) is 31.1 Å². The fourth-order valence-electron chi connectivity index (χ4n) is 4.30. The van der Waals surface area contributed by atoms with E-state index < -0.39 is 0 Å². The van der Waals surface area contributed by atoms with Crippen LogP contribution >= 0.6 is 0 Å². The van der Waals surface area contributed by atoms with E-state index in [1.54, 1.807) is 7.11 Å². The Kier molecular flexibility index (Phi) is 7.87. The number of fused-ring (bicyclic) bond motifs is 1. The van der Waals surface area contributed by atoms with Crippen LogP contribution in [0.1, 0.15) is 40.7 Å². The summed E-state index contributed by atoms with van der Waals surface area (Å²) in [7, 11) is 1.62. The molecule has 0 saturated heterocycles. The molecular formula is C29H31NO4. The maximum Gasteiger partial charge on any atom is 0.255 e. The van der Waals surface area contributed by atoms with Gasteiger partial charge in [0.15, 0.2) is 11.5 Å². The summed E-state index contributed by atoms with van der Waals surface area (Å²) in [4.78, 5) is 12.7. The second-order valence-electron chi connectivity index (χ2n) is 8.50. The Bertz CT molecular complexity index is 1150. The molecule has 0 spiro atoms. The average Bonchev–Trinajstić information content (AvgIpc) is 2.88. The molecule has 5 nitrogen and oxygen atoms in total. The Balaban J connectivity index is 1.33. The van der Waals surface area contributed by atoms with E-state index in [2.05, 4.69) is 11.4 Å². The first-order valence-corrected chi connectivity index (χ1v) is 11.8. The van der Waals surface area contributed by atoms with E-state index in [9.17, 15) is 9.90 Å². The second kappa shape index (κ2) is 11.4. The number of carbonyl (C=O) groups excluding carboxylic acids is 1. The summed E-state index contributed by atoms with van der Waals surface area (Å²) in [5, 5.41) is 12.7. The van der Waals surface area contributed by atoms with Crippen LogP contribution in [-0.2, 0) is 30.7 Å². The van der Waals surface area contributed by atoms with Crippen LogP contribution in [0.5, 0.6) is 11.5 Å². The molecule has 5 heteroatoms. The molecule has 2 N–H and O–H groups in total. The van der Waals surface area contributed by atoms with Gasteiger partial charge in [-0.2, -0.15) is 0 Å². The molecule has 0 heterocycles. The number of hydrogen-bond acceptors (Lipinski definition) is 4. The van der Waals surface area contributed by atoms with E-state index in [1.165, 1.54) is 24.0 Å². The summed E-state index contributed by atoms with van der Waals surface area (Å²) >= 11 is 0. The highest BCUT2D eigenvalue weighted by molar-refractivity contribution is 6.19. The fourth-order valence-corrected chi connectivity index (χ4v) is 4.30. The number of aliphatic hydroxyl groups excluding tert-OH is 1. The van der Waals surface area contributed by atoms with Crippen LogP contribution in [0.15, 0.2) is 73.0 Å². The number of nitrogens with one attached hydrogen (secondary N) is 1. The zero-order valence-electron chi connectivity index (χ0n) is 19.5. The first-order valence-electron chi connectivity index (χ1n) is 11.8. The lowest BCUT2D eigenvalue weighted by atomic mass is 9.89. The quantitative estimate of drug-likeness (QED) is 0.333. The molecule has 3 aromatic rings. The van der Waals surface area contributed by atoms with Gasteiger partial charge in [0.25, 0.3) is 5.91 Å². The molecule has 0 atom stereocenters. The predicted molar refractivity (Wildman–Crippen MR) is 134 cm³/mol. The van der Waals surface area contributed by atoms with Gasteiger partial charge in [-0.15, -0.1) is 0 Å². The summed E-state index contributed by atoms with van der Waals surface area (Å²) in [6.45, 7) is 0.903. The number of benzene rings is 3. The summed E-state index contributed by atoms with van der Waals surface area (Å²) in [6, 6.07) is 21.8. The zero-order valence-corrected chi connectivity index (χ0v) is 19.5. The lowest BCUT2D eigenvalue weighted by Gasteiger charge is -2.17. The molecular weight excluding hydrogens is 426 g/mol. The van der Waals surface area contributed by atoms with Crippen molar-refractivity contribution in [2.45, 2.75) is 38.7 Å². The van der Waals surface area contributed by atoms with Gasteiger partial charge in [0.1, 0.15) is 6.61 Å². The molecule has 1 amide bonds. The predicted octanol–water partition coefficient (Wildman–Crippen LogP) is 5.41. The Hall–Kier alpha value is -3.73. The van der Waals surface area contributed by atoms with Crippen LogP contribution < -0.4 is 14.8 Å². The molecule has 34 heavy (non-hydrogen) atoms. The van der Waals surface area contributed by atoms with Crippen molar-refractivity contribution >= 4 is 11.5 Å².